The molecular formula is C14H14Cl2O. The minimum absolute atomic E-state index is 0.629. The highest BCUT2D eigenvalue weighted by molar-refractivity contribution is 6.50. The van der Waals surface area contributed by atoms with Crippen molar-refractivity contribution in [2.75, 3.05) is 6.61 Å². The Hall–Kier alpha value is -0.920. The summed E-state index contributed by atoms with van der Waals surface area (Å²) in [6.45, 7) is 0.629. The summed E-state index contributed by atoms with van der Waals surface area (Å²) in [4.78, 5) is 0. The van der Waals surface area contributed by atoms with E-state index in [1.165, 1.54) is 0 Å². The summed E-state index contributed by atoms with van der Waals surface area (Å²) in [5.74, 6) is 0.885. The van der Waals surface area contributed by atoms with Crippen molar-refractivity contribution in [3.8, 4) is 5.75 Å². The van der Waals surface area contributed by atoms with Crippen molar-refractivity contribution in [2.45, 2.75) is 17.2 Å². The minimum Gasteiger partial charge on any atom is -0.493 e. The van der Waals surface area contributed by atoms with Crippen molar-refractivity contribution in [3.05, 3.63) is 54.1 Å². The Labute approximate surface area is 112 Å². The van der Waals surface area contributed by atoms with Crippen LogP contribution in [0.5, 0.6) is 5.75 Å². The van der Waals surface area contributed by atoms with E-state index in [0.717, 1.165) is 17.7 Å². The highest BCUT2D eigenvalue weighted by atomic mass is 35.5. The van der Waals surface area contributed by atoms with Gasteiger partial charge in [0.05, 0.1) is 6.61 Å². The van der Waals surface area contributed by atoms with Crippen LogP contribution in [-0.4, -0.2) is 10.9 Å². The molecule has 0 amide bonds. The lowest BCUT2D eigenvalue weighted by Crippen LogP contribution is -2.12. The Bertz CT molecular complexity index is 421. The number of benzene rings is 1. The average molecular weight is 269 g/mol. The first-order valence-corrected chi connectivity index (χ1v) is 6.35. The zero-order valence-corrected chi connectivity index (χ0v) is 10.9. The molecule has 0 saturated carbocycles. The number of alkyl halides is 2. The predicted octanol–water partition coefficient (Wildman–Crippen LogP) is 4.52. The maximum atomic E-state index is 6.06. The number of allylic oxidation sites excluding steroid dienone is 3. The van der Waals surface area contributed by atoms with Crippen LogP contribution < -0.4 is 4.74 Å². The highest BCUT2D eigenvalue weighted by Gasteiger charge is 2.22. The Morgan fingerprint density at radius 1 is 1.18 bits per heavy atom. The van der Waals surface area contributed by atoms with E-state index in [0.29, 0.717) is 13.0 Å². The van der Waals surface area contributed by atoms with Crippen LogP contribution in [0.2, 0.25) is 0 Å². The Balaban J connectivity index is 1.83. The van der Waals surface area contributed by atoms with Gasteiger partial charge in [-0.1, -0.05) is 53.6 Å². The molecule has 90 valence electrons. The largest absolute Gasteiger partial charge is 0.493 e. The number of ether oxygens (including phenoxy) is 1. The van der Waals surface area contributed by atoms with Crippen LogP contribution in [0.3, 0.4) is 0 Å². The molecule has 1 aromatic rings. The molecule has 0 aromatic heterocycles. The van der Waals surface area contributed by atoms with Gasteiger partial charge in [0.2, 0.25) is 0 Å². The molecule has 3 heteroatoms. The van der Waals surface area contributed by atoms with Gasteiger partial charge in [-0.15, -0.1) is 0 Å². The normalized spacial score (nSPS) is 17.6. The predicted molar refractivity (Wildman–Crippen MR) is 72.8 cm³/mol. The Morgan fingerprint density at radius 2 is 1.94 bits per heavy atom. The van der Waals surface area contributed by atoms with Crippen LogP contribution >= 0.6 is 23.2 Å². The second-order valence-electron chi connectivity index (χ2n) is 4.00. The highest BCUT2D eigenvalue weighted by Crippen LogP contribution is 2.33. The van der Waals surface area contributed by atoms with E-state index in [1.54, 1.807) is 0 Å². The minimum atomic E-state index is -0.753. The molecular weight excluding hydrogens is 255 g/mol. The fraction of sp³-hybridized carbons (Fsp3) is 0.286. The lowest BCUT2D eigenvalue weighted by atomic mass is 10.0. The molecule has 0 spiro atoms. The lowest BCUT2D eigenvalue weighted by molar-refractivity contribution is 0.322. The Kier molecular flexibility index (Phi) is 4.14. The van der Waals surface area contributed by atoms with Gasteiger partial charge in [0, 0.05) is 12.8 Å². The van der Waals surface area contributed by atoms with Gasteiger partial charge in [-0.25, -0.2) is 0 Å². The van der Waals surface area contributed by atoms with Crippen LogP contribution in [0.1, 0.15) is 12.8 Å². The zero-order valence-electron chi connectivity index (χ0n) is 9.40. The molecule has 0 bridgehead atoms. The Morgan fingerprint density at radius 3 is 2.65 bits per heavy atom. The van der Waals surface area contributed by atoms with Crippen LogP contribution in [-0.2, 0) is 0 Å². The molecule has 0 N–H and O–H groups in total. The van der Waals surface area contributed by atoms with Gasteiger partial charge in [0.15, 0.2) is 0 Å². The first-order valence-electron chi connectivity index (χ1n) is 5.60. The van der Waals surface area contributed by atoms with Gasteiger partial charge < -0.3 is 4.74 Å². The summed E-state index contributed by atoms with van der Waals surface area (Å²) >= 11 is 12.1. The van der Waals surface area contributed by atoms with Gasteiger partial charge in [0.1, 0.15) is 10.1 Å². The average Bonchev–Trinajstić information content (AvgIpc) is 2.29. The van der Waals surface area contributed by atoms with Gasteiger partial charge in [-0.05, 0) is 23.8 Å². The summed E-state index contributed by atoms with van der Waals surface area (Å²) in [5, 5.41) is 0. The van der Waals surface area contributed by atoms with Gasteiger partial charge in [0.25, 0.3) is 0 Å². The lowest BCUT2D eigenvalue weighted by Gasteiger charge is -2.18. The van der Waals surface area contributed by atoms with Crippen molar-refractivity contribution in [3.63, 3.8) is 0 Å². The quantitative estimate of drug-likeness (QED) is 0.730. The van der Waals surface area contributed by atoms with E-state index < -0.39 is 4.33 Å². The van der Waals surface area contributed by atoms with Gasteiger partial charge in [-0.3, -0.25) is 0 Å². The molecule has 0 atom stereocenters. The fourth-order valence-electron chi connectivity index (χ4n) is 1.70. The van der Waals surface area contributed by atoms with Crippen molar-refractivity contribution in [1.82, 2.24) is 0 Å². The third-order valence-electron chi connectivity index (χ3n) is 2.52. The standard InChI is InChI=1S/C14H14Cl2O/c15-14(16)9-4-5-12(11-14)8-10-17-13-6-2-1-3-7-13/h1-7,11H,8-10H2. The maximum Gasteiger partial charge on any atom is 0.140 e. The topological polar surface area (TPSA) is 9.23 Å². The van der Waals surface area contributed by atoms with Gasteiger partial charge in [-0.2, -0.15) is 0 Å². The molecule has 0 unspecified atom stereocenters. The second-order valence-corrected chi connectivity index (χ2v) is 5.54. The smallest absolute Gasteiger partial charge is 0.140 e. The molecule has 17 heavy (non-hydrogen) atoms. The van der Waals surface area contributed by atoms with E-state index >= 15 is 0 Å². The summed E-state index contributed by atoms with van der Waals surface area (Å²) in [7, 11) is 0. The zero-order chi connectivity index (χ0) is 12.1. The van der Waals surface area contributed by atoms with Crippen molar-refractivity contribution in [2.24, 2.45) is 0 Å². The number of para-hydroxylation sites is 1. The molecule has 1 nitrogen and oxygen atoms in total. The first kappa shape index (κ1) is 12.5. The molecule has 0 fully saturated rings. The number of hydrogen-bond donors (Lipinski definition) is 0. The molecule has 0 aliphatic heterocycles. The van der Waals surface area contributed by atoms with E-state index in [2.05, 4.69) is 6.08 Å². The summed E-state index contributed by atoms with van der Waals surface area (Å²) < 4.78 is 4.86. The number of hydrogen-bond acceptors (Lipinski definition) is 1. The van der Waals surface area contributed by atoms with E-state index in [-0.39, 0.29) is 0 Å². The molecule has 0 radical (unpaired) electrons. The third kappa shape index (κ3) is 4.10. The summed E-state index contributed by atoms with van der Waals surface area (Å²) in [6.07, 6.45) is 7.42. The molecule has 0 heterocycles. The van der Waals surface area contributed by atoms with Crippen LogP contribution in [0.25, 0.3) is 0 Å². The first-order chi connectivity index (χ1) is 8.16. The van der Waals surface area contributed by atoms with E-state index in [1.807, 2.05) is 42.5 Å². The SMILES string of the molecule is ClC1(Cl)C=C(CCOc2ccccc2)C=CC1. The molecule has 1 aliphatic carbocycles. The third-order valence-corrected chi connectivity index (χ3v) is 3.05. The molecule has 2 rings (SSSR count). The van der Waals surface area contributed by atoms with Gasteiger partial charge >= 0.3 is 0 Å². The van der Waals surface area contributed by atoms with E-state index in [9.17, 15) is 0 Å². The van der Waals surface area contributed by atoms with Crippen LogP contribution in [0.4, 0.5) is 0 Å². The monoisotopic (exact) mass is 268 g/mol. The fourth-order valence-corrected chi connectivity index (χ4v) is 2.16. The number of rotatable bonds is 4. The van der Waals surface area contributed by atoms with Crippen LogP contribution in [0, 0.1) is 0 Å². The van der Waals surface area contributed by atoms with Crippen molar-refractivity contribution >= 4 is 23.2 Å². The molecule has 1 aromatic carbocycles. The summed E-state index contributed by atoms with van der Waals surface area (Å²) in [6, 6.07) is 9.76. The van der Waals surface area contributed by atoms with Crippen molar-refractivity contribution < 1.29 is 4.74 Å². The van der Waals surface area contributed by atoms with Crippen molar-refractivity contribution in [1.29, 1.82) is 0 Å². The summed E-state index contributed by atoms with van der Waals surface area (Å²) in [5.41, 5.74) is 1.12. The number of halogens is 2. The molecule has 0 saturated heterocycles. The molecule has 1 aliphatic rings. The van der Waals surface area contributed by atoms with E-state index in [4.69, 9.17) is 27.9 Å². The second kappa shape index (κ2) is 5.61. The maximum absolute atomic E-state index is 6.06. The van der Waals surface area contributed by atoms with Crippen LogP contribution in [0.15, 0.2) is 54.1 Å².